The summed E-state index contributed by atoms with van der Waals surface area (Å²) in [5, 5.41) is 7.67. The number of hydrogen-bond donors (Lipinski definition) is 1. The predicted molar refractivity (Wildman–Crippen MR) is 28.2 cm³/mol. The van der Waals surface area contributed by atoms with E-state index in [-0.39, 0.29) is 22.4 Å². The first-order valence-electron chi connectivity index (χ1n) is 3.13. The Labute approximate surface area is 102 Å². The first kappa shape index (κ1) is 18.9. The molecule has 0 saturated heterocycles. The Morgan fingerprint density at radius 1 is 0.706 bits per heavy atom. The Morgan fingerprint density at radius 2 is 0.882 bits per heavy atom. The van der Waals surface area contributed by atoms with Crippen LogP contribution in [0.25, 0.3) is 0 Å². The summed E-state index contributed by atoms with van der Waals surface area (Å²) in [6.07, 6.45) is -21.1. The fraction of sp³-hybridized carbons (Fsp3) is 0.800. The van der Waals surface area contributed by atoms with Gasteiger partial charge in [0, 0.05) is 22.4 Å². The van der Waals surface area contributed by atoms with Crippen LogP contribution in [-0.2, 0) is 27.2 Å². The first-order chi connectivity index (χ1) is 6.69. The third-order valence-electron chi connectivity index (χ3n) is 1.60. The third-order valence-corrected chi connectivity index (χ3v) is 1.60. The summed E-state index contributed by atoms with van der Waals surface area (Å²) in [6.45, 7) is 0. The van der Waals surface area contributed by atoms with Crippen LogP contribution in [0.3, 0.4) is 0 Å². The van der Waals surface area contributed by atoms with E-state index in [9.17, 15) is 44.3 Å². The molecule has 0 aromatic heterocycles. The molecule has 1 N–H and O–H groups in total. The zero-order chi connectivity index (χ0) is 13.6. The van der Waals surface area contributed by atoms with Gasteiger partial charge in [-0.25, -0.2) is 0 Å². The van der Waals surface area contributed by atoms with Gasteiger partial charge in [-0.3, -0.25) is 4.79 Å². The monoisotopic (exact) mass is 371 g/mol. The number of hydrogen-bond acceptors (Lipinski definition) is 1. The van der Waals surface area contributed by atoms with Gasteiger partial charge in [0.1, 0.15) is 0 Å². The number of halogens is 9. The molecule has 0 aliphatic rings. The van der Waals surface area contributed by atoms with Gasteiger partial charge in [-0.2, -0.15) is 39.5 Å². The molecule has 0 heterocycles. The van der Waals surface area contributed by atoms with Gasteiger partial charge in [-0.05, 0) is 0 Å². The largest absolute Gasteiger partial charge is 0.480 e. The van der Waals surface area contributed by atoms with E-state index in [2.05, 4.69) is 0 Å². The van der Waals surface area contributed by atoms with Gasteiger partial charge in [0.2, 0.25) is 0 Å². The summed E-state index contributed by atoms with van der Waals surface area (Å²) in [7, 11) is 0. The van der Waals surface area contributed by atoms with Gasteiger partial charge in [0.15, 0.2) is 0 Å². The molecule has 2 nitrogen and oxygen atoms in total. The Balaban J connectivity index is 0. The summed E-state index contributed by atoms with van der Waals surface area (Å²) >= 11 is 0. The molecular weight excluding hydrogens is 371 g/mol. The summed E-state index contributed by atoms with van der Waals surface area (Å²) in [5.74, 6) is -4.07. The van der Waals surface area contributed by atoms with E-state index in [0.29, 0.717) is 0 Å². The Kier molecular flexibility index (Phi) is 5.22. The van der Waals surface area contributed by atoms with Crippen LogP contribution in [0.5, 0.6) is 0 Å². The SMILES string of the molecule is O=C(O)C(C(F)(F)F)(C(F)(F)F)C(F)(F)F.[Ag]. The van der Waals surface area contributed by atoms with E-state index in [1.165, 1.54) is 0 Å². The number of carboxylic acids is 1. The fourth-order valence-electron chi connectivity index (χ4n) is 0.846. The molecule has 0 fully saturated rings. The minimum Gasteiger partial charge on any atom is -0.480 e. The van der Waals surface area contributed by atoms with Crippen molar-refractivity contribution in [2.75, 3.05) is 0 Å². The smallest absolute Gasteiger partial charge is 0.422 e. The zero-order valence-corrected chi connectivity index (χ0v) is 8.54. The molecule has 1 radical (unpaired) electrons. The summed E-state index contributed by atoms with van der Waals surface area (Å²) in [5.41, 5.74) is -6.77. The van der Waals surface area contributed by atoms with Gasteiger partial charge in [0.25, 0.3) is 0 Å². The average molecular weight is 372 g/mol. The van der Waals surface area contributed by atoms with Crippen LogP contribution < -0.4 is 0 Å². The quantitative estimate of drug-likeness (QED) is 0.568. The molecular formula is C5HAgF9O2. The van der Waals surface area contributed by atoms with Crippen LogP contribution in [0, 0.1) is 5.41 Å². The van der Waals surface area contributed by atoms with Crippen LogP contribution in [0.4, 0.5) is 39.5 Å². The van der Waals surface area contributed by atoms with Crippen molar-refractivity contribution < 1.29 is 71.8 Å². The molecule has 0 aliphatic carbocycles. The number of rotatable bonds is 1. The van der Waals surface area contributed by atoms with Crippen molar-refractivity contribution in [1.29, 1.82) is 0 Å². The number of alkyl halides is 9. The second-order valence-electron chi connectivity index (χ2n) is 2.55. The van der Waals surface area contributed by atoms with Crippen LogP contribution in [-0.4, -0.2) is 29.6 Å². The maximum absolute atomic E-state index is 11.8. The fourth-order valence-corrected chi connectivity index (χ4v) is 0.846. The van der Waals surface area contributed by atoms with Gasteiger partial charge in [-0.15, -0.1) is 0 Å². The summed E-state index contributed by atoms with van der Waals surface area (Å²) in [4.78, 5) is 9.80. The number of carbonyl (C=O) groups is 1. The van der Waals surface area contributed by atoms with Gasteiger partial charge >= 0.3 is 29.9 Å². The van der Waals surface area contributed by atoms with Crippen molar-refractivity contribution in [3.63, 3.8) is 0 Å². The van der Waals surface area contributed by atoms with E-state index in [1.54, 1.807) is 0 Å². The molecule has 0 bridgehead atoms. The van der Waals surface area contributed by atoms with E-state index in [1.807, 2.05) is 0 Å². The van der Waals surface area contributed by atoms with E-state index in [0.717, 1.165) is 0 Å². The van der Waals surface area contributed by atoms with Gasteiger partial charge in [-0.1, -0.05) is 0 Å². The molecule has 107 valence electrons. The van der Waals surface area contributed by atoms with Crippen LogP contribution in [0.15, 0.2) is 0 Å². The van der Waals surface area contributed by atoms with Crippen molar-refractivity contribution in [3.8, 4) is 0 Å². The van der Waals surface area contributed by atoms with Crippen LogP contribution in [0.1, 0.15) is 0 Å². The Bertz CT molecular complexity index is 251. The summed E-state index contributed by atoms with van der Waals surface area (Å²) in [6, 6.07) is 0. The van der Waals surface area contributed by atoms with Crippen molar-refractivity contribution >= 4 is 5.97 Å². The molecule has 0 amide bonds. The third kappa shape index (κ3) is 2.71. The van der Waals surface area contributed by atoms with Gasteiger partial charge < -0.3 is 5.11 Å². The molecule has 0 saturated carbocycles. The minimum absolute atomic E-state index is 0. The summed E-state index contributed by atoms with van der Waals surface area (Å²) < 4.78 is 106. The first-order valence-corrected chi connectivity index (χ1v) is 3.13. The maximum atomic E-state index is 11.8. The molecule has 0 atom stereocenters. The number of carboxylic acid groups (broad SMARTS) is 1. The average Bonchev–Trinajstić information content (AvgIpc) is 1.71. The molecule has 0 unspecified atom stereocenters. The van der Waals surface area contributed by atoms with Crippen molar-refractivity contribution in [2.45, 2.75) is 18.5 Å². The standard InChI is InChI=1S/C5HF9O2.Ag/c6-3(7,8)2(1(15)16,4(9,10)11)5(12,13)14;/h(H,15,16);. The van der Waals surface area contributed by atoms with Gasteiger partial charge in [0.05, 0.1) is 0 Å². The molecule has 0 aliphatic heterocycles. The molecule has 0 rings (SSSR count). The normalized spacial score (nSPS) is 14.2. The Morgan fingerprint density at radius 3 is 0.882 bits per heavy atom. The molecule has 17 heavy (non-hydrogen) atoms. The van der Waals surface area contributed by atoms with E-state index < -0.39 is 29.9 Å². The van der Waals surface area contributed by atoms with Crippen molar-refractivity contribution in [3.05, 3.63) is 0 Å². The van der Waals surface area contributed by atoms with Crippen LogP contribution in [0.2, 0.25) is 0 Å². The van der Waals surface area contributed by atoms with Crippen molar-refractivity contribution in [2.24, 2.45) is 5.41 Å². The predicted octanol–water partition coefficient (Wildman–Crippen LogP) is 2.74. The maximum Gasteiger partial charge on any atom is 0.422 e. The molecule has 0 aromatic carbocycles. The van der Waals surface area contributed by atoms with Crippen molar-refractivity contribution in [1.82, 2.24) is 0 Å². The number of aliphatic carboxylic acids is 1. The van der Waals surface area contributed by atoms with Crippen LogP contribution >= 0.6 is 0 Å². The molecule has 12 heteroatoms. The molecule has 0 aromatic rings. The molecule has 0 spiro atoms. The Hall–Kier alpha value is -0.420. The topological polar surface area (TPSA) is 37.3 Å². The second kappa shape index (κ2) is 4.69. The zero-order valence-electron chi connectivity index (χ0n) is 7.06. The van der Waals surface area contributed by atoms with E-state index >= 15 is 0 Å². The second-order valence-corrected chi connectivity index (χ2v) is 2.55. The van der Waals surface area contributed by atoms with E-state index in [4.69, 9.17) is 5.11 Å². The minimum atomic E-state index is -7.05.